The van der Waals surface area contributed by atoms with Crippen molar-refractivity contribution in [2.75, 3.05) is 11.9 Å². The summed E-state index contributed by atoms with van der Waals surface area (Å²) < 4.78 is 1.77. The van der Waals surface area contributed by atoms with Crippen molar-refractivity contribution >= 4 is 45.4 Å². The number of hydrogen-bond donors (Lipinski definition) is 2. The number of nitrogens with one attached hydrogen (secondary N) is 2. The monoisotopic (exact) mass is 330 g/mol. The molecular formula is C16H15ClN4S. The molecule has 0 bridgehead atoms. The second kappa shape index (κ2) is 6.77. The van der Waals surface area contributed by atoms with E-state index in [0.29, 0.717) is 23.2 Å². The van der Waals surface area contributed by atoms with Gasteiger partial charge in [0.2, 0.25) is 0 Å². The molecule has 0 saturated heterocycles. The first kappa shape index (κ1) is 14.8. The fraction of sp³-hybridized carbons (Fsp3) is 0.125. The Morgan fingerprint density at radius 3 is 2.82 bits per heavy atom. The van der Waals surface area contributed by atoms with Crippen molar-refractivity contribution in [3.8, 4) is 0 Å². The SMILES string of the molecule is S=C(NCCn1cc(Cl)cn1)Nc1cccc2ccccc12. The molecule has 0 aliphatic heterocycles. The summed E-state index contributed by atoms with van der Waals surface area (Å²) in [4.78, 5) is 0. The van der Waals surface area contributed by atoms with Gasteiger partial charge in [-0.1, -0.05) is 48.0 Å². The molecule has 1 heterocycles. The van der Waals surface area contributed by atoms with Gasteiger partial charge in [-0.25, -0.2) is 0 Å². The maximum Gasteiger partial charge on any atom is 0.170 e. The summed E-state index contributed by atoms with van der Waals surface area (Å²) in [7, 11) is 0. The third-order valence-corrected chi connectivity index (χ3v) is 3.71. The second-order valence-corrected chi connectivity index (χ2v) is 5.67. The van der Waals surface area contributed by atoms with E-state index in [1.807, 2.05) is 24.3 Å². The van der Waals surface area contributed by atoms with Crippen LogP contribution in [-0.2, 0) is 6.54 Å². The van der Waals surface area contributed by atoms with Crippen molar-refractivity contribution in [3.05, 3.63) is 59.9 Å². The standard InChI is InChI=1S/C16H15ClN4S/c17-13-10-19-21(11-13)9-8-18-16(22)20-15-7-3-5-12-4-1-2-6-14(12)15/h1-7,10-11H,8-9H2,(H2,18,20,22). The van der Waals surface area contributed by atoms with Crippen LogP contribution in [0.4, 0.5) is 5.69 Å². The maximum atomic E-state index is 5.82. The number of thiocarbonyl (C=S) groups is 1. The van der Waals surface area contributed by atoms with Gasteiger partial charge in [-0.3, -0.25) is 4.68 Å². The van der Waals surface area contributed by atoms with Crippen LogP contribution in [0.5, 0.6) is 0 Å². The lowest BCUT2D eigenvalue weighted by Crippen LogP contribution is -2.31. The third-order valence-electron chi connectivity index (χ3n) is 3.27. The predicted molar refractivity (Wildman–Crippen MR) is 95.4 cm³/mol. The minimum atomic E-state index is 0.592. The summed E-state index contributed by atoms with van der Waals surface area (Å²) in [6.07, 6.45) is 3.40. The number of nitrogens with zero attached hydrogens (tertiary/aromatic N) is 2. The summed E-state index contributed by atoms with van der Waals surface area (Å²) >= 11 is 11.2. The highest BCUT2D eigenvalue weighted by Gasteiger charge is 2.02. The van der Waals surface area contributed by atoms with Gasteiger partial charge < -0.3 is 10.6 Å². The molecule has 0 spiro atoms. The van der Waals surface area contributed by atoms with Gasteiger partial charge in [0.05, 0.1) is 17.8 Å². The van der Waals surface area contributed by atoms with Crippen LogP contribution in [-0.4, -0.2) is 21.4 Å². The average Bonchev–Trinajstić information content (AvgIpc) is 2.93. The maximum absolute atomic E-state index is 5.82. The molecule has 0 unspecified atom stereocenters. The summed E-state index contributed by atoms with van der Waals surface area (Å²) in [6.45, 7) is 1.37. The summed E-state index contributed by atoms with van der Waals surface area (Å²) in [6, 6.07) is 14.3. The number of benzene rings is 2. The van der Waals surface area contributed by atoms with Gasteiger partial charge in [-0.15, -0.1) is 0 Å². The molecule has 0 atom stereocenters. The van der Waals surface area contributed by atoms with Crippen LogP contribution in [0.3, 0.4) is 0 Å². The Morgan fingerprint density at radius 1 is 1.18 bits per heavy atom. The molecule has 22 heavy (non-hydrogen) atoms. The lowest BCUT2D eigenvalue weighted by atomic mass is 10.1. The van der Waals surface area contributed by atoms with Crippen LogP contribution in [0.15, 0.2) is 54.9 Å². The Hall–Kier alpha value is -2.11. The van der Waals surface area contributed by atoms with Crippen LogP contribution in [0.1, 0.15) is 0 Å². The first-order valence-electron chi connectivity index (χ1n) is 6.93. The first-order chi connectivity index (χ1) is 10.7. The Bertz CT molecular complexity index is 794. The zero-order valence-electron chi connectivity index (χ0n) is 11.8. The third kappa shape index (κ3) is 3.55. The Labute approximate surface area is 139 Å². The molecule has 3 aromatic rings. The molecular weight excluding hydrogens is 316 g/mol. The van der Waals surface area contributed by atoms with Crippen LogP contribution < -0.4 is 10.6 Å². The Kier molecular flexibility index (Phi) is 4.56. The number of rotatable bonds is 4. The minimum absolute atomic E-state index is 0.592. The molecule has 1 aromatic heterocycles. The first-order valence-corrected chi connectivity index (χ1v) is 7.71. The number of hydrogen-bond acceptors (Lipinski definition) is 2. The van der Waals surface area contributed by atoms with Crippen LogP contribution in [0, 0.1) is 0 Å². The molecule has 4 nitrogen and oxygen atoms in total. The van der Waals surface area contributed by atoms with Gasteiger partial charge in [0, 0.05) is 23.8 Å². The number of aromatic nitrogens is 2. The molecule has 0 aliphatic rings. The summed E-state index contributed by atoms with van der Waals surface area (Å²) in [5.41, 5.74) is 0.998. The number of fused-ring (bicyclic) bond motifs is 1. The molecule has 0 aliphatic carbocycles. The van der Waals surface area contributed by atoms with Crippen LogP contribution in [0.2, 0.25) is 5.02 Å². The highest BCUT2D eigenvalue weighted by atomic mass is 35.5. The topological polar surface area (TPSA) is 41.9 Å². The van der Waals surface area contributed by atoms with Crippen molar-refractivity contribution in [1.29, 1.82) is 0 Å². The molecule has 2 N–H and O–H groups in total. The van der Waals surface area contributed by atoms with E-state index in [4.69, 9.17) is 23.8 Å². The fourth-order valence-electron chi connectivity index (χ4n) is 2.25. The van der Waals surface area contributed by atoms with E-state index >= 15 is 0 Å². The molecule has 0 fully saturated rings. The molecule has 2 aromatic carbocycles. The molecule has 112 valence electrons. The van der Waals surface area contributed by atoms with Crippen molar-refractivity contribution in [3.63, 3.8) is 0 Å². The van der Waals surface area contributed by atoms with Gasteiger partial charge in [-0.05, 0) is 23.7 Å². The van der Waals surface area contributed by atoms with Crippen molar-refractivity contribution in [1.82, 2.24) is 15.1 Å². The van der Waals surface area contributed by atoms with Gasteiger partial charge in [-0.2, -0.15) is 5.10 Å². The van der Waals surface area contributed by atoms with Gasteiger partial charge >= 0.3 is 0 Å². The van der Waals surface area contributed by atoms with Crippen LogP contribution in [0.25, 0.3) is 10.8 Å². The molecule has 0 radical (unpaired) electrons. The fourth-order valence-corrected chi connectivity index (χ4v) is 2.61. The van der Waals surface area contributed by atoms with Crippen molar-refractivity contribution in [2.45, 2.75) is 6.54 Å². The average molecular weight is 331 g/mol. The quantitative estimate of drug-likeness (QED) is 0.716. The molecule has 0 amide bonds. The largest absolute Gasteiger partial charge is 0.361 e. The number of anilines is 1. The normalized spacial score (nSPS) is 10.6. The van der Waals surface area contributed by atoms with E-state index in [1.54, 1.807) is 17.1 Å². The van der Waals surface area contributed by atoms with Gasteiger partial charge in [0.25, 0.3) is 0 Å². The molecule has 0 saturated carbocycles. The van der Waals surface area contributed by atoms with Gasteiger partial charge in [0.1, 0.15) is 0 Å². The summed E-state index contributed by atoms with van der Waals surface area (Å²) in [5, 5.41) is 14.1. The number of halogens is 1. The lowest BCUT2D eigenvalue weighted by Gasteiger charge is -2.12. The van der Waals surface area contributed by atoms with E-state index in [2.05, 4.69) is 33.9 Å². The Morgan fingerprint density at radius 2 is 2.00 bits per heavy atom. The molecule has 6 heteroatoms. The summed E-state index contributed by atoms with van der Waals surface area (Å²) in [5.74, 6) is 0. The predicted octanol–water partition coefficient (Wildman–Crippen LogP) is 3.68. The van der Waals surface area contributed by atoms with E-state index in [1.165, 1.54) is 5.39 Å². The van der Waals surface area contributed by atoms with Crippen molar-refractivity contribution < 1.29 is 0 Å². The zero-order chi connectivity index (χ0) is 15.4. The smallest absolute Gasteiger partial charge is 0.170 e. The van der Waals surface area contributed by atoms with Crippen molar-refractivity contribution in [2.24, 2.45) is 0 Å². The lowest BCUT2D eigenvalue weighted by molar-refractivity contribution is 0.604. The van der Waals surface area contributed by atoms with E-state index in [9.17, 15) is 0 Å². The Balaban J connectivity index is 1.59. The van der Waals surface area contributed by atoms with E-state index in [0.717, 1.165) is 11.1 Å². The van der Waals surface area contributed by atoms with Gasteiger partial charge in [0.15, 0.2) is 5.11 Å². The second-order valence-electron chi connectivity index (χ2n) is 4.83. The van der Waals surface area contributed by atoms with Crippen LogP contribution >= 0.6 is 23.8 Å². The minimum Gasteiger partial charge on any atom is -0.361 e. The molecule has 3 rings (SSSR count). The highest BCUT2D eigenvalue weighted by molar-refractivity contribution is 7.80. The highest BCUT2D eigenvalue weighted by Crippen LogP contribution is 2.22. The van der Waals surface area contributed by atoms with E-state index in [-0.39, 0.29) is 0 Å². The zero-order valence-corrected chi connectivity index (χ0v) is 13.4. The van der Waals surface area contributed by atoms with E-state index < -0.39 is 0 Å².